The Labute approximate surface area is 120 Å². The number of hydrogen-bond acceptors (Lipinski definition) is 4. The Balaban J connectivity index is 1.91. The summed E-state index contributed by atoms with van der Waals surface area (Å²) in [5, 5.41) is 19.5. The predicted octanol–water partition coefficient (Wildman–Crippen LogP) is 2.00. The van der Waals surface area contributed by atoms with Crippen LogP contribution in [0.5, 0.6) is 5.75 Å². The Kier molecular flexibility index (Phi) is 5.83. The molecule has 0 aliphatic heterocycles. The second kappa shape index (κ2) is 7.62. The highest BCUT2D eigenvalue weighted by molar-refractivity contribution is 5.30. The Morgan fingerprint density at radius 2 is 1.95 bits per heavy atom. The van der Waals surface area contributed by atoms with Crippen LogP contribution in [0.3, 0.4) is 0 Å². The fourth-order valence-corrected chi connectivity index (χ4v) is 2.71. The molecule has 1 aromatic carbocycles. The van der Waals surface area contributed by atoms with Gasteiger partial charge in [-0.2, -0.15) is 0 Å². The van der Waals surface area contributed by atoms with Gasteiger partial charge in [-0.3, -0.25) is 0 Å². The molecule has 4 N–H and O–H groups in total. The van der Waals surface area contributed by atoms with Crippen LogP contribution < -0.4 is 10.5 Å². The summed E-state index contributed by atoms with van der Waals surface area (Å²) >= 11 is 0. The van der Waals surface area contributed by atoms with Gasteiger partial charge in [-0.05, 0) is 36.5 Å². The third-order valence-electron chi connectivity index (χ3n) is 4.02. The van der Waals surface area contributed by atoms with Gasteiger partial charge in [-0.25, -0.2) is 0 Å². The summed E-state index contributed by atoms with van der Waals surface area (Å²) in [5.74, 6) is 1.39. The largest absolute Gasteiger partial charge is 0.493 e. The second-order valence-electron chi connectivity index (χ2n) is 5.64. The number of rotatable bonds is 6. The van der Waals surface area contributed by atoms with Crippen LogP contribution in [0.1, 0.15) is 43.8 Å². The second-order valence-corrected chi connectivity index (χ2v) is 5.64. The van der Waals surface area contributed by atoms with Gasteiger partial charge in [0.05, 0.1) is 12.7 Å². The minimum absolute atomic E-state index is 0.0360. The van der Waals surface area contributed by atoms with E-state index in [4.69, 9.17) is 10.5 Å². The third kappa shape index (κ3) is 4.20. The maximum Gasteiger partial charge on any atom is 0.119 e. The molecule has 0 aromatic heterocycles. The lowest BCUT2D eigenvalue weighted by molar-refractivity contribution is 0.0242. The molecule has 2 atom stereocenters. The molecular weight excluding hydrogens is 254 g/mol. The zero-order valence-corrected chi connectivity index (χ0v) is 11.9. The third-order valence-corrected chi connectivity index (χ3v) is 4.02. The van der Waals surface area contributed by atoms with Crippen molar-refractivity contribution in [1.29, 1.82) is 0 Å². The number of benzene rings is 1. The van der Waals surface area contributed by atoms with Crippen LogP contribution in [0, 0.1) is 5.92 Å². The van der Waals surface area contributed by atoms with Crippen LogP contribution >= 0.6 is 0 Å². The first-order chi connectivity index (χ1) is 9.70. The van der Waals surface area contributed by atoms with Crippen LogP contribution in [0.2, 0.25) is 0 Å². The Morgan fingerprint density at radius 1 is 1.20 bits per heavy atom. The molecule has 4 heteroatoms. The first-order valence-electron chi connectivity index (χ1n) is 7.49. The van der Waals surface area contributed by atoms with E-state index in [0.29, 0.717) is 11.5 Å². The van der Waals surface area contributed by atoms with E-state index >= 15 is 0 Å². The van der Waals surface area contributed by atoms with Crippen molar-refractivity contribution < 1.29 is 14.9 Å². The van der Waals surface area contributed by atoms with Gasteiger partial charge >= 0.3 is 0 Å². The summed E-state index contributed by atoms with van der Waals surface area (Å²) in [5.41, 5.74) is 6.01. The molecule has 20 heavy (non-hydrogen) atoms. The Bertz CT molecular complexity index is 404. The van der Waals surface area contributed by atoms with Gasteiger partial charge in [0.1, 0.15) is 11.9 Å². The van der Waals surface area contributed by atoms with Crippen LogP contribution in [-0.2, 0) is 0 Å². The zero-order valence-electron chi connectivity index (χ0n) is 11.9. The number of aliphatic hydroxyl groups excluding tert-OH is 2. The average molecular weight is 279 g/mol. The molecule has 0 unspecified atom stereocenters. The molecule has 0 bridgehead atoms. The highest BCUT2D eigenvalue weighted by Crippen LogP contribution is 2.26. The number of hydrogen-bond donors (Lipinski definition) is 3. The van der Waals surface area contributed by atoms with Crippen molar-refractivity contribution in [3.05, 3.63) is 29.8 Å². The quantitative estimate of drug-likeness (QED) is 0.744. The first-order valence-corrected chi connectivity index (χ1v) is 7.49. The maximum absolute atomic E-state index is 9.94. The zero-order chi connectivity index (χ0) is 14.4. The maximum atomic E-state index is 9.94. The van der Waals surface area contributed by atoms with E-state index in [9.17, 15) is 10.2 Å². The van der Waals surface area contributed by atoms with Crippen molar-refractivity contribution in [3.8, 4) is 5.75 Å². The van der Waals surface area contributed by atoms with Gasteiger partial charge in [0.25, 0.3) is 0 Å². The van der Waals surface area contributed by atoms with Gasteiger partial charge in [-0.1, -0.05) is 31.4 Å². The van der Waals surface area contributed by atoms with Crippen LogP contribution in [0.15, 0.2) is 24.3 Å². The highest BCUT2D eigenvalue weighted by atomic mass is 16.5. The molecule has 0 amide bonds. The lowest BCUT2D eigenvalue weighted by Crippen LogP contribution is -2.27. The summed E-state index contributed by atoms with van der Waals surface area (Å²) in [7, 11) is 0. The molecule has 1 aromatic rings. The molecule has 1 aliphatic rings. The van der Waals surface area contributed by atoms with Crippen LogP contribution in [0.4, 0.5) is 0 Å². The lowest BCUT2D eigenvalue weighted by Gasteiger charge is -2.22. The molecule has 1 fully saturated rings. The van der Waals surface area contributed by atoms with Crippen molar-refractivity contribution >= 4 is 0 Å². The van der Waals surface area contributed by atoms with Crippen molar-refractivity contribution in [2.45, 2.75) is 44.3 Å². The van der Waals surface area contributed by atoms with Gasteiger partial charge in [0.15, 0.2) is 0 Å². The minimum atomic E-state index is -0.960. The molecular formula is C16H25NO3. The monoisotopic (exact) mass is 279 g/mol. The Hall–Kier alpha value is -1.10. The molecule has 0 spiro atoms. The van der Waals surface area contributed by atoms with Crippen molar-refractivity contribution in [3.63, 3.8) is 0 Å². The summed E-state index contributed by atoms with van der Waals surface area (Å²) in [4.78, 5) is 0. The molecule has 1 aliphatic carbocycles. The summed E-state index contributed by atoms with van der Waals surface area (Å²) in [6, 6.07) is 7.27. The molecule has 4 nitrogen and oxygen atoms in total. The molecule has 112 valence electrons. The normalized spacial score (nSPS) is 19.6. The molecule has 2 rings (SSSR count). The fraction of sp³-hybridized carbons (Fsp3) is 0.625. The van der Waals surface area contributed by atoms with E-state index in [2.05, 4.69) is 0 Å². The van der Waals surface area contributed by atoms with Crippen molar-refractivity contribution in [1.82, 2.24) is 0 Å². The SMILES string of the molecule is NC[C@H](O)[C@@H](O)c1cccc(OCC2CCCCC2)c1. The standard InChI is InChI=1S/C16H25NO3/c17-10-15(18)16(19)13-7-4-8-14(9-13)20-11-12-5-2-1-3-6-12/h4,7-9,12,15-16,18-19H,1-3,5-6,10-11,17H2/t15-,16-/m0/s1. The summed E-state index contributed by atoms with van der Waals surface area (Å²) in [6.45, 7) is 0.771. The van der Waals surface area contributed by atoms with E-state index < -0.39 is 12.2 Å². The van der Waals surface area contributed by atoms with E-state index in [1.807, 2.05) is 12.1 Å². The first kappa shape index (κ1) is 15.3. The lowest BCUT2D eigenvalue weighted by atomic mass is 9.90. The highest BCUT2D eigenvalue weighted by Gasteiger charge is 2.18. The Morgan fingerprint density at radius 3 is 2.65 bits per heavy atom. The van der Waals surface area contributed by atoms with Gasteiger partial charge in [0.2, 0.25) is 0 Å². The summed E-state index contributed by atoms with van der Waals surface area (Å²) in [6.07, 6.45) is 4.53. The van der Waals surface area contributed by atoms with Gasteiger partial charge in [0, 0.05) is 6.54 Å². The number of nitrogens with two attached hydrogens (primary N) is 1. The minimum Gasteiger partial charge on any atom is -0.493 e. The van der Waals surface area contributed by atoms with Crippen molar-refractivity contribution in [2.75, 3.05) is 13.2 Å². The van der Waals surface area contributed by atoms with E-state index in [1.165, 1.54) is 32.1 Å². The van der Waals surface area contributed by atoms with E-state index in [0.717, 1.165) is 12.4 Å². The van der Waals surface area contributed by atoms with E-state index in [1.54, 1.807) is 12.1 Å². The van der Waals surface area contributed by atoms with Crippen LogP contribution in [0.25, 0.3) is 0 Å². The van der Waals surface area contributed by atoms with E-state index in [-0.39, 0.29) is 6.54 Å². The average Bonchev–Trinajstić information content (AvgIpc) is 2.52. The molecule has 0 heterocycles. The molecule has 0 radical (unpaired) electrons. The molecule has 1 saturated carbocycles. The fourth-order valence-electron chi connectivity index (χ4n) is 2.71. The predicted molar refractivity (Wildman–Crippen MR) is 78.5 cm³/mol. The van der Waals surface area contributed by atoms with Gasteiger partial charge in [-0.15, -0.1) is 0 Å². The summed E-state index contributed by atoms with van der Waals surface area (Å²) < 4.78 is 5.83. The van der Waals surface area contributed by atoms with Crippen LogP contribution in [-0.4, -0.2) is 29.5 Å². The van der Waals surface area contributed by atoms with Crippen molar-refractivity contribution in [2.24, 2.45) is 11.7 Å². The number of ether oxygens (including phenoxy) is 1. The smallest absolute Gasteiger partial charge is 0.119 e. The number of aliphatic hydroxyl groups is 2. The molecule has 0 saturated heterocycles. The van der Waals surface area contributed by atoms with Gasteiger partial charge < -0.3 is 20.7 Å². The topological polar surface area (TPSA) is 75.7 Å².